The molecule has 4 rings (SSSR count). The van der Waals surface area contributed by atoms with Crippen LogP contribution in [0.15, 0.2) is 28.8 Å². The lowest BCUT2D eigenvalue weighted by molar-refractivity contribution is -0.00532. The fourth-order valence-electron chi connectivity index (χ4n) is 3.15. The monoisotopic (exact) mass is 372 g/mol. The lowest BCUT2D eigenvalue weighted by atomic mass is 10.1. The maximum absolute atomic E-state index is 12.4. The summed E-state index contributed by atoms with van der Waals surface area (Å²) in [6.07, 6.45) is 3.97. The summed E-state index contributed by atoms with van der Waals surface area (Å²) in [6, 6.07) is 7.23. The average molecular weight is 372 g/mol. The van der Waals surface area contributed by atoms with E-state index in [1.807, 2.05) is 18.2 Å². The van der Waals surface area contributed by atoms with Crippen LogP contribution in [0, 0.1) is 0 Å². The smallest absolute Gasteiger partial charge is 0.321 e. The molecule has 0 unspecified atom stereocenters. The number of ether oxygens (including phenoxy) is 2. The molecule has 27 heavy (non-hydrogen) atoms. The van der Waals surface area contributed by atoms with Crippen molar-refractivity contribution in [2.24, 2.45) is 0 Å². The number of nitrogens with zero attached hydrogens (tertiary/aromatic N) is 3. The number of urea groups is 1. The van der Waals surface area contributed by atoms with Gasteiger partial charge in [-0.2, -0.15) is 4.98 Å². The topological polar surface area (TPSA) is 89.7 Å². The number of aromatic nitrogens is 2. The van der Waals surface area contributed by atoms with Crippen molar-refractivity contribution in [2.45, 2.75) is 44.3 Å². The van der Waals surface area contributed by atoms with Gasteiger partial charge in [-0.1, -0.05) is 11.2 Å². The number of anilines is 1. The SMILES string of the molecule is COc1cccc(NC(=O)N2CCC(OCc3nc(C4CC4)no3)CC2)c1. The van der Waals surface area contributed by atoms with Gasteiger partial charge in [-0.25, -0.2) is 4.79 Å². The van der Waals surface area contributed by atoms with Gasteiger partial charge < -0.3 is 24.2 Å². The van der Waals surface area contributed by atoms with Crippen LogP contribution in [0.3, 0.4) is 0 Å². The Kier molecular flexibility index (Phi) is 5.24. The molecule has 2 aliphatic rings. The molecule has 1 aromatic heterocycles. The minimum absolute atomic E-state index is 0.0992. The minimum Gasteiger partial charge on any atom is -0.497 e. The first-order valence-electron chi connectivity index (χ1n) is 9.35. The molecule has 8 nitrogen and oxygen atoms in total. The quantitative estimate of drug-likeness (QED) is 0.838. The lowest BCUT2D eigenvalue weighted by Crippen LogP contribution is -2.43. The molecule has 144 valence electrons. The van der Waals surface area contributed by atoms with E-state index < -0.39 is 0 Å². The molecule has 0 bridgehead atoms. The molecule has 1 aliphatic carbocycles. The Hall–Kier alpha value is -2.61. The van der Waals surface area contributed by atoms with Crippen LogP contribution in [0.1, 0.15) is 43.3 Å². The Labute approximate surface area is 157 Å². The summed E-state index contributed by atoms with van der Waals surface area (Å²) in [7, 11) is 1.60. The van der Waals surface area contributed by atoms with Crippen LogP contribution in [-0.2, 0) is 11.3 Å². The summed E-state index contributed by atoms with van der Waals surface area (Å²) in [5, 5.41) is 6.90. The second-order valence-corrected chi connectivity index (χ2v) is 6.98. The summed E-state index contributed by atoms with van der Waals surface area (Å²) in [5.41, 5.74) is 0.723. The molecular weight excluding hydrogens is 348 g/mol. The van der Waals surface area contributed by atoms with Crippen molar-refractivity contribution in [3.63, 3.8) is 0 Å². The number of amides is 2. The lowest BCUT2D eigenvalue weighted by Gasteiger charge is -2.31. The van der Waals surface area contributed by atoms with Crippen molar-refractivity contribution in [1.29, 1.82) is 0 Å². The Bertz CT molecular complexity index is 782. The number of nitrogens with one attached hydrogen (secondary N) is 1. The van der Waals surface area contributed by atoms with Crippen LogP contribution in [0.25, 0.3) is 0 Å². The first kappa shape index (κ1) is 17.8. The highest BCUT2D eigenvalue weighted by atomic mass is 16.5. The van der Waals surface area contributed by atoms with Gasteiger partial charge in [0.2, 0.25) is 0 Å². The van der Waals surface area contributed by atoms with Crippen LogP contribution in [-0.4, -0.2) is 47.4 Å². The van der Waals surface area contributed by atoms with Crippen molar-refractivity contribution in [3.05, 3.63) is 36.0 Å². The summed E-state index contributed by atoms with van der Waals surface area (Å²) in [5.74, 6) is 2.53. The Balaban J connectivity index is 1.21. The van der Waals surface area contributed by atoms with Crippen LogP contribution >= 0.6 is 0 Å². The first-order valence-corrected chi connectivity index (χ1v) is 9.35. The van der Waals surface area contributed by atoms with Crippen LogP contribution < -0.4 is 10.1 Å². The normalized spacial score (nSPS) is 17.7. The fraction of sp³-hybridized carbons (Fsp3) is 0.526. The maximum atomic E-state index is 12.4. The Morgan fingerprint density at radius 3 is 2.85 bits per heavy atom. The van der Waals surface area contributed by atoms with Gasteiger partial charge in [-0.3, -0.25) is 0 Å². The zero-order chi connectivity index (χ0) is 18.6. The molecule has 0 atom stereocenters. The number of benzene rings is 1. The Morgan fingerprint density at radius 2 is 2.11 bits per heavy atom. The highest BCUT2D eigenvalue weighted by Gasteiger charge is 2.29. The molecule has 2 fully saturated rings. The number of rotatable bonds is 6. The number of hydrogen-bond donors (Lipinski definition) is 1. The number of piperidine rings is 1. The van der Waals surface area contributed by atoms with Gasteiger partial charge in [0, 0.05) is 30.8 Å². The highest BCUT2D eigenvalue weighted by molar-refractivity contribution is 5.89. The van der Waals surface area contributed by atoms with E-state index in [9.17, 15) is 4.79 Å². The molecule has 0 radical (unpaired) electrons. The van der Waals surface area contributed by atoms with Gasteiger partial charge in [0.05, 0.1) is 13.2 Å². The van der Waals surface area contributed by atoms with Crippen LogP contribution in [0.5, 0.6) is 5.75 Å². The van der Waals surface area contributed by atoms with E-state index in [1.165, 1.54) is 0 Å². The number of hydrogen-bond acceptors (Lipinski definition) is 6. The maximum Gasteiger partial charge on any atom is 0.321 e. The predicted molar refractivity (Wildman–Crippen MR) is 97.7 cm³/mol. The summed E-state index contributed by atoms with van der Waals surface area (Å²) in [4.78, 5) is 18.6. The zero-order valence-corrected chi connectivity index (χ0v) is 15.4. The third-order valence-corrected chi connectivity index (χ3v) is 4.92. The molecule has 1 aliphatic heterocycles. The van der Waals surface area contributed by atoms with Crippen molar-refractivity contribution in [3.8, 4) is 5.75 Å². The third kappa shape index (κ3) is 4.57. The van der Waals surface area contributed by atoms with E-state index in [2.05, 4.69) is 15.5 Å². The molecular formula is C19H24N4O4. The molecule has 1 saturated carbocycles. The standard InChI is InChI=1S/C19H24N4O4/c1-25-16-4-2-3-14(11-16)20-19(24)23-9-7-15(8-10-23)26-12-17-21-18(22-27-17)13-5-6-13/h2-4,11,13,15H,5-10,12H2,1H3,(H,20,24). The predicted octanol–water partition coefficient (Wildman–Crippen LogP) is 3.17. The minimum atomic E-state index is -0.104. The summed E-state index contributed by atoms with van der Waals surface area (Å²) < 4.78 is 16.3. The molecule has 0 spiro atoms. The second-order valence-electron chi connectivity index (χ2n) is 6.98. The van der Waals surface area contributed by atoms with E-state index in [1.54, 1.807) is 18.1 Å². The summed E-state index contributed by atoms with van der Waals surface area (Å²) >= 11 is 0. The van der Waals surface area contributed by atoms with Gasteiger partial charge in [0.1, 0.15) is 12.4 Å². The van der Waals surface area contributed by atoms with Crippen molar-refractivity contribution < 1.29 is 18.8 Å². The number of carbonyl (C=O) groups excluding carboxylic acids is 1. The highest BCUT2D eigenvalue weighted by Crippen LogP contribution is 2.38. The van der Waals surface area contributed by atoms with E-state index in [-0.39, 0.29) is 12.1 Å². The van der Waals surface area contributed by atoms with E-state index in [0.717, 1.165) is 37.2 Å². The number of methoxy groups -OCH3 is 1. The first-order chi connectivity index (χ1) is 13.2. The van der Waals surface area contributed by atoms with Gasteiger partial charge >= 0.3 is 6.03 Å². The summed E-state index contributed by atoms with van der Waals surface area (Å²) in [6.45, 7) is 1.63. The van der Waals surface area contributed by atoms with E-state index in [0.29, 0.717) is 37.3 Å². The average Bonchev–Trinajstić information content (AvgIpc) is 3.45. The van der Waals surface area contributed by atoms with Gasteiger partial charge in [-0.05, 0) is 37.8 Å². The van der Waals surface area contributed by atoms with Crippen molar-refractivity contribution >= 4 is 11.7 Å². The van der Waals surface area contributed by atoms with Crippen molar-refractivity contribution in [2.75, 3.05) is 25.5 Å². The van der Waals surface area contributed by atoms with Gasteiger partial charge in [0.15, 0.2) is 5.82 Å². The fourth-order valence-corrected chi connectivity index (χ4v) is 3.15. The van der Waals surface area contributed by atoms with Crippen LogP contribution in [0.4, 0.5) is 10.5 Å². The molecule has 2 aromatic rings. The largest absolute Gasteiger partial charge is 0.497 e. The van der Waals surface area contributed by atoms with Gasteiger partial charge in [0.25, 0.3) is 5.89 Å². The van der Waals surface area contributed by atoms with Gasteiger partial charge in [-0.15, -0.1) is 0 Å². The van der Waals surface area contributed by atoms with E-state index in [4.69, 9.17) is 14.0 Å². The van der Waals surface area contributed by atoms with Crippen LogP contribution in [0.2, 0.25) is 0 Å². The number of likely N-dealkylation sites (tertiary alicyclic amines) is 1. The molecule has 1 aromatic carbocycles. The zero-order valence-electron chi connectivity index (χ0n) is 15.4. The Morgan fingerprint density at radius 1 is 1.30 bits per heavy atom. The van der Waals surface area contributed by atoms with Crippen molar-refractivity contribution in [1.82, 2.24) is 15.0 Å². The molecule has 1 N–H and O–H groups in total. The third-order valence-electron chi connectivity index (χ3n) is 4.92. The molecule has 2 amide bonds. The molecule has 1 saturated heterocycles. The molecule has 8 heteroatoms. The second kappa shape index (κ2) is 7.96. The van der Waals surface area contributed by atoms with E-state index >= 15 is 0 Å². The number of carbonyl (C=O) groups is 1. The molecule has 2 heterocycles.